The van der Waals surface area contributed by atoms with Crippen molar-refractivity contribution in [2.75, 3.05) is 0 Å². The van der Waals surface area contributed by atoms with Gasteiger partial charge in [-0.2, -0.15) is 5.26 Å². The fourth-order valence-corrected chi connectivity index (χ4v) is 6.47. The number of rotatable bonds is 7. The van der Waals surface area contributed by atoms with E-state index in [0.717, 1.165) is 48.9 Å². The normalized spacial score (nSPS) is 38.2. The van der Waals surface area contributed by atoms with Crippen molar-refractivity contribution in [1.29, 1.82) is 5.26 Å². The van der Waals surface area contributed by atoms with Crippen LogP contribution in [0, 0.1) is 46.8 Å². The largest absolute Gasteiger partial charge is 0.243 e. The zero-order chi connectivity index (χ0) is 19.8. The second-order valence-corrected chi connectivity index (χ2v) is 10.1. The van der Waals surface area contributed by atoms with E-state index in [1.807, 2.05) is 6.92 Å². The maximum atomic E-state index is 13.2. The Hall–Kier alpha value is -0.840. The number of halogens is 1. The van der Waals surface area contributed by atoms with Crippen molar-refractivity contribution in [3.05, 3.63) is 12.2 Å². The van der Waals surface area contributed by atoms with Crippen molar-refractivity contribution >= 4 is 0 Å². The Balaban J connectivity index is 1.31. The van der Waals surface area contributed by atoms with Crippen LogP contribution >= 0.6 is 0 Å². The molecule has 3 fully saturated rings. The Labute approximate surface area is 173 Å². The molecular weight excluding hydrogens is 345 g/mol. The van der Waals surface area contributed by atoms with Gasteiger partial charge in [-0.05, 0) is 113 Å². The number of nitrogens with zero attached hydrogens (tertiary/aromatic N) is 1. The van der Waals surface area contributed by atoms with Gasteiger partial charge < -0.3 is 0 Å². The predicted octanol–water partition coefficient (Wildman–Crippen LogP) is 8.01. The van der Waals surface area contributed by atoms with Crippen LogP contribution in [-0.2, 0) is 0 Å². The topological polar surface area (TPSA) is 23.8 Å². The first-order valence-electron chi connectivity index (χ1n) is 12.4. The fraction of sp³-hybridized carbons (Fsp3) is 0.885. The van der Waals surface area contributed by atoms with Crippen molar-refractivity contribution in [3.8, 4) is 6.07 Å². The molecule has 3 rings (SSSR count). The highest BCUT2D eigenvalue weighted by Crippen LogP contribution is 2.46. The third kappa shape index (κ3) is 6.33. The van der Waals surface area contributed by atoms with Gasteiger partial charge in [0, 0.05) is 5.92 Å². The van der Waals surface area contributed by atoms with E-state index in [1.54, 1.807) is 6.08 Å². The van der Waals surface area contributed by atoms with Crippen LogP contribution in [0.25, 0.3) is 0 Å². The summed E-state index contributed by atoms with van der Waals surface area (Å²) < 4.78 is 13.2. The van der Waals surface area contributed by atoms with E-state index in [1.165, 1.54) is 70.6 Å². The second-order valence-electron chi connectivity index (χ2n) is 10.1. The van der Waals surface area contributed by atoms with Gasteiger partial charge in [-0.15, -0.1) is 0 Å². The summed E-state index contributed by atoms with van der Waals surface area (Å²) in [4.78, 5) is 0. The smallest absolute Gasteiger partial charge is 0.118 e. The predicted molar refractivity (Wildman–Crippen MR) is 116 cm³/mol. The Bertz CT molecular complexity index is 497. The van der Waals surface area contributed by atoms with Gasteiger partial charge in [-0.1, -0.05) is 31.9 Å². The standard InChI is InChI=1S/C26H42FN/c1-2-26(27)6-4-3-5-20-7-11-22(12-8-20)24-15-17-25(18-16-24)23-13-9-21(19-28)10-14-23/h4,6,20-26H,2-3,5,7-18H2,1H3. The highest BCUT2D eigenvalue weighted by Gasteiger charge is 2.34. The lowest BCUT2D eigenvalue weighted by Crippen LogP contribution is -2.29. The van der Waals surface area contributed by atoms with Crippen molar-refractivity contribution < 1.29 is 4.39 Å². The first-order valence-corrected chi connectivity index (χ1v) is 12.4. The molecule has 0 N–H and O–H groups in total. The fourth-order valence-electron chi connectivity index (χ4n) is 6.47. The van der Waals surface area contributed by atoms with E-state index in [9.17, 15) is 4.39 Å². The van der Waals surface area contributed by atoms with Crippen LogP contribution < -0.4 is 0 Å². The Morgan fingerprint density at radius 3 is 1.75 bits per heavy atom. The lowest BCUT2D eigenvalue weighted by Gasteiger charge is -2.41. The monoisotopic (exact) mass is 387 g/mol. The van der Waals surface area contributed by atoms with Crippen LogP contribution in [0.5, 0.6) is 0 Å². The molecule has 0 amide bonds. The molecule has 1 unspecified atom stereocenters. The number of hydrogen-bond acceptors (Lipinski definition) is 1. The van der Waals surface area contributed by atoms with Gasteiger partial charge in [0.25, 0.3) is 0 Å². The van der Waals surface area contributed by atoms with E-state index in [4.69, 9.17) is 5.26 Å². The summed E-state index contributed by atoms with van der Waals surface area (Å²) in [6.45, 7) is 1.91. The van der Waals surface area contributed by atoms with E-state index in [-0.39, 0.29) is 0 Å². The number of alkyl halides is 1. The molecule has 0 aromatic carbocycles. The summed E-state index contributed by atoms with van der Waals surface area (Å²) in [5.74, 6) is 5.09. The molecule has 0 saturated heterocycles. The molecule has 3 saturated carbocycles. The van der Waals surface area contributed by atoms with Crippen LogP contribution in [0.4, 0.5) is 4.39 Å². The molecule has 0 radical (unpaired) electrons. The molecular formula is C26H42FN. The van der Waals surface area contributed by atoms with Crippen molar-refractivity contribution in [2.45, 2.75) is 109 Å². The third-order valence-corrected chi connectivity index (χ3v) is 8.47. The minimum absolute atomic E-state index is 0.350. The lowest BCUT2D eigenvalue weighted by molar-refractivity contribution is 0.108. The van der Waals surface area contributed by atoms with Gasteiger partial charge in [0.05, 0.1) is 6.07 Å². The summed E-state index contributed by atoms with van der Waals surface area (Å²) in [6.07, 6.45) is 22.5. The highest BCUT2D eigenvalue weighted by molar-refractivity contribution is 4.91. The first-order chi connectivity index (χ1) is 13.7. The third-order valence-electron chi connectivity index (χ3n) is 8.47. The molecule has 0 heterocycles. The minimum Gasteiger partial charge on any atom is -0.243 e. The molecule has 1 atom stereocenters. The zero-order valence-corrected chi connectivity index (χ0v) is 18.1. The summed E-state index contributed by atoms with van der Waals surface area (Å²) in [6, 6.07) is 2.48. The van der Waals surface area contributed by atoms with Crippen LogP contribution in [0.3, 0.4) is 0 Å². The van der Waals surface area contributed by atoms with E-state index in [0.29, 0.717) is 12.3 Å². The molecule has 28 heavy (non-hydrogen) atoms. The number of hydrogen-bond donors (Lipinski definition) is 0. The Morgan fingerprint density at radius 1 is 0.821 bits per heavy atom. The molecule has 1 nitrogen and oxygen atoms in total. The quantitative estimate of drug-likeness (QED) is 0.406. The molecule has 0 bridgehead atoms. The van der Waals surface area contributed by atoms with E-state index >= 15 is 0 Å². The average Bonchev–Trinajstić information content (AvgIpc) is 2.77. The Morgan fingerprint density at radius 2 is 1.29 bits per heavy atom. The molecule has 0 aromatic rings. The summed E-state index contributed by atoms with van der Waals surface area (Å²) >= 11 is 0. The van der Waals surface area contributed by atoms with E-state index < -0.39 is 6.17 Å². The molecule has 0 aliphatic heterocycles. The summed E-state index contributed by atoms with van der Waals surface area (Å²) in [5, 5.41) is 9.11. The molecule has 0 spiro atoms. The van der Waals surface area contributed by atoms with Gasteiger partial charge in [-0.3, -0.25) is 0 Å². The molecule has 3 aliphatic carbocycles. The summed E-state index contributed by atoms with van der Waals surface area (Å²) in [5.41, 5.74) is 0. The average molecular weight is 388 g/mol. The highest BCUT2D eigenvalue weighted by atomic mass is 19.1. The molecule has 3 aliphatic rings. The van der Waals surface area contributed by atoms with Gasteiger partial charge in [0.15, 0.2) is 0 Å². The maximum absolute atomic E-state index is 13.2. The number of nitriles is 1. The first kappa shape index (κ1) is 21.9. The zero-order valence-electron chi connectivity index (χ0n) is 18.1. The van der Waals surface area contributed by atoms with Crippen molar-refractivity contribution in [2.24, 2.45) is 35.5 Å². The van der Waals surface area contributed by atoms with Crippen molar-refractivity contribution in [1.82, 2.24) is 0 Å². The van der Waals surface area contributed by atoms with Gasteiger partial charge >= 0.3 is 0 Å². The Kier molecular flexibility index (Phi) is 8.88. The van der Waals surface area contributed by atoms with Gasteiger partial charge in [-0.25, -0.2) is 4.39 Å². The number of allylic oxidation sites excluding steroid dienone is 2. The van der Waals surface area contributed by atoms with Crippen LogP contribution in [0.15, 0.2) is 12.2 Å². The van der Waals surface area contributed by atoms with E-state index in [2.05, 4.69) is 12.1 Å². The molecule has 158 valence electrons. The SMILES string of the molecule is CCC(F)C=CCCC1CCC(C2CCC(C3CCC(C#N)CC3)CC2)CC1. The molecule has 2 heteroatoms. The van der Waals surface area contributed by atoms with Gasteiger partial charge in [0.1, 0.15) is 6.17 Å². The van der Waals surface area contributed by atoms with Crippen LogP contribution in [-0.4, -0.2) is 6.17 Å². The lowest BCUT2D eigenvalue weighted by atomic mass is 9.65. The van der Waals surface area contributed by atoms with Crippen molar-refractivity contribution in [3.63, 3.8) is 0 Å². The van der Waals surface area contributed by atoms with Gasteiger partial charge in [0.2, 0.25) is 0 Å². The molecule has 0 aromatic heterocycles. The van der Waals surface area contributed by atoms with Crippen LogP contribution in [0.2, 0.25) is 0 Å². The minimum atomic E-state index is -0.743. The maximum Gasteiger partial charge on any atom is 0.118 e. The summed E-state index contributed by atoms with van der Waals surface area (Å²) in [7, 11) is 0. The second kappa shape index (κ2) is 11.4. The van der Waals surface area contributed by atoms with Crippen LogP contribution in [0.1, 0.15) is 103 Å².